The van der Waals surface area contributed by atoms with Gasteiger partial charge in [-0.25, -0.2) is 14.2 Å². The molecule has 3 rings (SSSR count). The van der Waals surface area contributed by atoms with E-state index < -0.39 is 17.8 Å². The van der Waals surface area contributed by atoms with Crippen LogP contribution in [0.3, 0.4) is 0 Å². The molecule has 3 aromatic rings. The quantitative estimate of drug-likeness (QED) is 0.501. The number of carbonyl (C=O) groups excluding carboxylic acids is 3. The van der Waals surface area contributed by atoms with Gasteiger partial charge in [0.2, 0.25) is 11.8 Å². The van der Waals surface area contributed by atoms with Crippen molar-refractivity contribution < 1.29 is 18.8 Å². The van der Waals surface area contributed by atoms with Crippen molar-refractivity contribution in [2.45, 2.75) is 6.92 Å². The number of rotatable bonds is 6. The fourth-order valence-corrected chi connectivity index (χ4v) is 3.47. The van der Waals surface area contributed by atoms with Gasteiger partial charge in [-0.05, 0) is 42.5 Å². The third-order valence-electron chi connectivity index (χ3n) is 3.93. The number of hydrogen-bond acceptors (Lipinski definition) is 5. The van der Waals surface area contributed by atoms with Gasteiger partial charge in [-0.2, -0.15) is 0 Å². The summed E-state index contributed by atoms with van der Waals surface area (Å²) in [5, 5.41) is 7.03. The molecule has 0 radical (unpaired) electrons. The second-order valence-corrected chi connectivity index (χ2v) is 7.09. The summed E-state index contributed by atoms with van der Waals surface area (Å²) in [6, 6.07) is 11.6. The molecule has 1 aromatic heterocycles. The fraction of sp³-hybridized carbons (Fsp3) is 0.0476. The van der Waals surface area contributed by atoms with Gasteiger partial charge in [0.25, 0.3) is 0 Å². The molecule has 0 aliphatic rings. The monoisotopic (exact) mass is 439 g/mol. The van der Waals surface area contributed by atoms with E-state index in [1.807, 2.05) is 0 Å². The van der Waals surface area contributed by atoms with Crippen LogP contribution in [0.5, 0.6) is 0 Å². The van der Waals surface area contributed by atoms with Crippen LogP contribution < -0.4 is 21.3 Å². The summed E-state index contributed by atoms with van der Waals surface area (Å²) in [4.78, 5) is 40.5. The fourth-order valence-electron chi connectivity index (χ4n) is 2.62. The SMILES string of the molecule is CC(=O)N(c1nc(/C=C/C(=O)Nc2ccc(NC(N)=O)cc2)cs1)c1ccccc1F. The number of benzene rings is 2. The summed E-state index contributed by atoms with van der Waals surface area (Å²) < 4.78 is 14.1. The van der Waals surface area contributed by atoms with Crippen LogP contribution >= 0.6 is 11.3 Å². The molecule has 2 aromatic carbocycles. The Morgan fingerprint density at radius 3 is 2.32 bits per heavy atom. The van der Waals surface area contributed by atoms with Crippen LogP contribution in [-0.2, 0) is 9.59 Å². The number of para-hydroxylation sites is 1. The molecule has 158 valence electrons. The number of nitrogens with zero attached hydrogens (tertiary/aromatic N) is 2. The predicted molar refractivity (Wildman–Crippen MR) is 119 cm³/mol. The number of nitrogens with one attached hydrogen (secondary N) is 2. The Labute approximate surface area is 181 Å². The molecule has 0 saturated carbocycles. The number of nitrogens with two attached hydrogens (primary N) is 1. The van der Waals surface area contributed by atoms with Crippen molar-refractivity contribution in [2.75, 3.05) is 15.5 Å². The normalized spacial score (nSPS) is 10.6. The van der Waals surface area contributed by atoms with Crippen molar-refractivity contribution in [1.29, 1.82) is 0 Å². The summed E-state index contributed by atoms with van der Waals surface area (Å²) in [6.07, 6.45) is 2.77. The molecule has 0 atom stereocenters. The summed E-state index contributed by atoms with van der Waals surface area (Å²) in [5.41, 5.74) is 6.61. The van der Waals surface area contributed by atoms with Gasteiger partial charge in [0, 0.05) is 29.8 Å². The second kappa shape index (κ2) is 9.63. The number of carbonyl (C=O) groups is 3. The first-order valence-corrected chi connectivity index (χ1v) is 9.88. The highest BCUT2D eigenvalue weighted by Crippen LogP contribution is 2.31. The summed E-state index contributed by atoms with van der Waals surface area (Å²) >= 11 is 1.15. The van der Waals surface area contributed by atoms with Gasteiger partial charge in [-0.15, -0.1) is 11.3 Å². The summed E-state index contributed by atoms with van der Waals surface area (Å²) in [5.74, 6) is -1.33. The van der Waals surface area contributed by atoms with Gasteiger partial charge >= 0.3 is 6.03 Å². The van der Waals surface area contributed by atoms with Crippen LogP contribution in [0.15, 0.2) is 60.0 Å². The summed E-state index contributed by atoms with van der Waals surface area (Å²) in [7, 11) is 0. The van der Waals surface area contributed by atoms with Crippen molar-refractivity contribution in [3.8, 4) is 0 Å². The molecule has 4 amide bonds. The molecule has 8 nitrogen and oxygen atoms in total. The number of urea groups is 1. The van der Waals surface area contributed by atoms with E-state index >= 15 is 0 Å². The smallest absolute Gasteiger partial charge is 0.316 e. The Morgan fingerprint density at radius 1 is 1.06 bits per heavy atom. The van der Waals surface area contributed by atoms with Crippen LogP contribution in [0.4, 0.5) is 31.4 Å². The minimum atomic E-state index is -0.680. The zero-order chi connectivity index (χ0) is 22.4. The Morgan fingerprint density at radius 2 is 1.71 bits per heavy atom. The van der Waals surface area contributed by atoms with Crippen LogP contribution in [0.1, 0.15) is 12.6 Å². The van der Waals surface area contributed by atoms with Crippen molar-refractivity contribution in [2.24, 2.45) is 5.73 Å². The van der Waals surface area contributed by atoms with Gasteiger partial charge in [0.05, 0.1) is 11.4 Å². The molecular formula is C21H18FN5O3S. The zero-order valence-electron chi connectivity index (χ0n) is 16.3. The van der Waals surface area contributed by atoms with Crippen molar-refractivity contribution in [3.63, 3.8) is 0 Å². The Bertz CT molecular complexity index is 1140. The lowest BCUT2D eigenvalue weighted by molar-refractivity contribution is -0.116. The maximum Gasteiger partial charge on any atom is 0.316 e. The van der Waals surface area contributed by atoms with E-state index in [0.29, 0.717) is 17.1 Å². The Kier molecular flexibility index (Phi) is 6.73. The first kappa shape index (κ1) is 21.7. The largest absolute Gasteiger partial charge is 0.351 e. The molecule has 0 spiro atoms. The van der Waals surface area contributed by atoms with Crippen LogP contribution in [-0.4, -0.2) is 22.8 Å². The van der Waals surface area contributed by atoms with Gasteiger partial charge in [-0.1, -0.05) is 12.1 Å². The lowest BCUT2D eigenvalue weighted by Crippen LogP contribution is -2.23. The number of hydrogen-bond donors (Lipinski definition) is 3. The van der Waals surface area contributed by atoms with E-state index in [-0.39, 0.29) is 16.7 Å². The predicted octanol–water partition coefficient (Wildman–Crippen LogP) is 4.11. The molecule has 1 heterocycles. The molecule has 0 saturated heterocycles. The van der Waals surface area contributed by atoms with Crippen molar-refractivity contribution in [3.05, 3.63) is 71.5 Å². The first-order valence-electron chi connectivity index (χ1n) is 9.00. The molecule has 10 heteroatoms. The topological polar surface area (TPSA) is 117 Å². The zero-order valence-corrected chi connectivity index (χ0v) is 17.2. The van der Waals surface area contributed by atoms with Gasteiger partial charge in [0.15, 0.2) is 5.13 Å². The third kappa shape index (κ3) is 5.73. The van der Waals surface area contributed by atoms with Gasteiger partial charge < -0.3 is 16.4 Å². The van der Waals surface area contributed by atoms with E-state index in [2.05, 4.69) is 15.6 Å². The van der Waals surface area contributed by atoms with Gasteiger partial charge in [0.1, 0.15) is 5.82 Å². The van der Waals surface area contributed by atoms with E-state index in [0.717, 1.165) is 11.3 Å². The molecule has 0 fully saturated rings. The molecule has 4 N–H and O–H groups in total. The number of anilines is 4. The van der Waals surface area contributed by atoms with E-state index in [1.54, 1.807) is 35.7 Å². The number of primary amides is 1. The average molecular weight is 439 g/mol. The van der Waals surface area contributed by atoms with Crippen LogP contribution in [0.25, 0.3) is 6.08 Å². The number of aromatic nitrogens is 1. The molecule has 0 aliphatic carbocycles. The number of amides is 4. The lowest BCUT2D eigenvalue weighted by Gasteiger charge is -2.18. The minimum Gasteiger partial charge on any atom is -0.351 e. The highest BCUT2D eigenvalue weighted by atomic mass is 32.1. The van der Waals surface area contributed by atoms with E-state index in [9.17, 15) is 18.8 Å². The highest BCUT2D eigenvalue weighted by molar-refractivity contribution is 7.14. The van der Waals surface area contributed by atoms with Crippen LogP contribution in [0, 0.1) is 5.82 Å². The number of thiazole rings is 1. The average Bonchev–Trinajstić information content (AvgIpc) is 3.17. The highest BCUT2D eigenvalue weighted by Gasteiger charge is 2.20. The first-order chi connectivity index (χ1) is 14.8. The van der Waals surface area contributed by atoms with Gasteiger partial charge in [-0.3, -0.25) is 14.5 Å². The maximum atomic E-state index is 14.1. The Balaban J connectivity index is 1.68. The molecule has 0 aliphatic heterocycles. The molecule has 31 heavy (non-hydrogen) atoms. The summed E-state index contributed by atoms with van der Waals surface area (Å²) in [6.45, 7) is 1.32. The minimum absolute atomic E-state index is 0.104. The van der Waals surface area contributed by atoms with Crippen LogP contribution in [0.2, 0.25) is 0 Å². The standard InChI is InChI=1S/C21H18FN5O3S/c1-13(28)27(18-5-3-2-4-17(18)22)21-26-16(12-31-21)10-11-19(29)24-14-6-8-15(9-7-14)25-20(23)30/h2-12H,1H3,(H,24,29)(H3,23,25,30)/b11-10+. The molecular weight excluding hydrogens is 421 g/mol. The second-order valence-electron chi connectivity index (χ2n) is 6.25. The van der Waals surface area contributed by atoms with E-state index in [4.69, 9.17) is 5.73 Å². The molecule has 0 bridgehead atoms. The molecule has 0 unspecified atom stereocenters. The maximum absolute atomic E-state index is 14.1. The number of halogens is 1. The van der Waals surface area contributed by atoms with Crippen molar-refractivity contribution >= 4 is 57.5 Å². The third-order valence-corrected chi connectivity index (χ3v) is 4.78. The van der Waals surface area contributed by atoms with Crippen molar-refractivity contribution in [1.82, 2.24) is 4.98 Å². The van der Waals surface area contributed by atoms with E-state index in [1.165, 1.54) is 42.2 Å². The Hall–Kier alpha value is -4.05. The lowest BCUT2D eigenvalue weighted by atomic mass is 10.2.